The lowest BCUT2D eigenvalue weighted by atomic mass is 10.1. The van der Waals surface area contributed by atoms with Gasteiger partial charge in [-0.15, -0.1) is 11.3 Å². The molecule has 2 N–H and O–H groups in total. The lowest BCUT2D eigenvalue weighted by molar-refractivity contribution is -0.125. The van der Waals surface area contributed by atoms with E-state index in [4.69, 9.17) is 4.74 Å². The number of amides is 1. The summed E-state index contributed by atoms with van der Waals surface area (Å²) in [6.07, 6.45) is 3.75. The van der Waals surface area contributed by atoms with E-state index in [0.29, 0.717) is 13.2 Å². The standard InChI is InChI=1S/C20H21N3O2S/c1-3-13-6-14-7-15(9-21-19(24)20(2)4-5-20)23-17(14)8-18(13)25-10-16-11-26-12-22-16/h3,6-8,11-12,23H,1,4-5,9-10H2,2H3,(H,21,24). The third-order valence-electron chi connectivity index (χ3n) is 4.87. The summed E-state index contributed by atoms with van der Waals surface area (Å²) in [4.78, 5) is 19.7. The summed E-state index contributed by atoms with van der Waals surface area (Å²) in [6.45, 7) is 6.82. The molecule has 0 bridgehead atoms. The normalized spacial score (nSPS) is 15.0. The number of rotatable bonds is 7. The lowest BCUT2D eigenvalue weighted by Gasteiger charge is -2.08. The summed E-state index contributed by atoms with van der Waals surface area (Å²) < 4.78 is 5.92. The van der Waals surface area contributed by atoms with E-state index in [2.05, 4.69) is 27.9 Å². The van der Waals surface area contributed by atoms with Gasteiger partial charge in [-0.1, -0.05) is 19.6 Å². The Morgan fingerprint density at radius 1 is 1.46 bits per heavy atom. The van der Waals surface area contributed by atoms with Gasteiger partial charge in [-0.05, 0) is 25.0 Å². The average Bonchev–Trinajstić information content (AvgIpc) is 3.06. The number of fused-ring (bicyclic) bond motifs is 1. The number of hydrogen-bond donors (Lipinski definition) is 2. The Hall–Kier alpha value is -2.60. The first-order chi connectivity index (χ1) is 12.6. The number of aromatic amines is 1. The largest absolute Gasteiger partial charge is 0.487 e. The summed E-state index contributed by atoms with van der Waals surface area (Å²) in [6, 6.07) is 6.08. The van der Waals surface area contributed by atoms with E-state index in [0.717, 1.165) is 46.4 Å². The molecule has 2 aromatic heterocycles. The van der Waals surface area contributed by atoms with Crippen molar-refractivity contribution < 1.29 is 9.53 Å². The van der Waals surface area contributed by atoms with Crippen LogP contribution in [0.3, 0.4) is 0 Å². The molecule has 5 nitrogen and oxygen atoms in total. The van der Waals surface area contributed by atoms with Crippen LogP contribution in [-0.4, -0.2) is 15.9 Å². The summed E-state index contributed by atoms with van der Waals surface area (Å²) in [7, 11) is 0. The third kappa shape index (κ3) is 3.37. The monoisotopic (exact) mass is 367 g/mol. The number of aromatic nitrogens is 2. The van der Waals surface area contributed by atoms with Crippen LogP contribution in [0.2, 0.25) is 0 Å². The SMILES string of the molecule is C=Cc1cc2cc(CNC(=O)C3(C)CC3)[nH]c2cc1OCc1cscn1. The molecule has 1 aliphatic carbocycles. The average molecular weight is 367 g/mol. The number of ether oxygens (including phenoxy) is 1. The molecule has 0 aliphatic heterocycles. The molecule has 0 saturated heterocycles. The van der Waals surface area contributed by atoms with Gasteiger partial charge >= 0.3 is 0 Å². The van der Waals surface area contributed by atoms with Crippen molar-refractivity contribution in [1.82, 2.24) is 15.3 Å². The molecule has 1 aromatic carbocycles. The fraction of sp³-hybridized carbons (Fsp3) is 0.300. The summed E-state index contributed by atoms with van der Waals surface area (Å²) in [5, 5.41) is 6.07. The minimum Gasteiger partial charge on any atom is -0.487 e. The molecule has 26 heavy (non-hydrogen) atoms. The zero-order valence-electron chi connectivity index (χ0n) is 14.7. The zero-order chi connectivity index (χ0) is 18.1. The number of benzene rings is 1. The zero-order valence-corrected chi connectivity index (χ0v) is 15.5. The highest BCUT2D eigenvalue weighted by atomic mass is 32.1. The Bertz CT molecular complexity index is 955. The summed E-state index contributed by atoms with van der Waals surface area (Å²) >= 11 is 1.55. The third-order valence-corrected chi connectivity index (χ3v) is 5.51. The van der Waals surface area contributed by atoms with Crippen LogP contribution in [0, 0.1) is 5.41 Å². The Morgan fingerprint density at radius 3 is 3.00 bits per heavy atom. The predicted octanol–water partition coefficient (Wildman–Crippen LogP) is 4.26. The Labute approximate surface area is 156 Å². The number of H-pyrrole nitrogens is 1. The minimum absolute atomic E-state index is 0.134. The number of carbonyl (C=O) groups is 1. The molecule has 3 aromatic rings. The van der Waals surface area contributed by atoms with Gasteiger partial charge in [0.1, 0.15) is 12.4 Å². The highest BCUT2D eigenvalue weighted by Gasteiger charge is 2.44. The van der Waals surface area contributed by atoms with Gasteiger partial charge in [0.15, 0.2) is 0 Å². The summed E-state index contributed by atoms with van der Waals surface area (Å²) in [5.74, 6) is 0.902. The van der Waals surface area contributed by atoms with Crippen molar-refractivity contribution in [3.05, 3.63) is 52.6 Å². The van der Waals surface area contributed by atoms with Crippen LogP contribution in [0.4, 0.5) is 0 Å². The molecule has 1 aliphatic rings. The van der Waals surface area contributed by atoms with E-state index in [-0.39, 0.29) is 11.3 Å². The first-order valence-electron chi connectivity index (χ1n) is 8.64. The van der Waals surface area contributed by atoms with E-state index in [1.807, 2.05) is 24.4 Å². The molecule has 0 spiro atoms. The first-order valence-corrected chi connectivity index (χ1v) is 9.58. The van der Waals surface area contributed by atoms with Crippen LogP contribution < -0.4 is 10.1 Å². The van der Waals surface area contributed by atoms with Crippen LogP contribution >= 0.6 is 11.3 Å². The first kappa shape index (κ1) is 16.8. The predicted molar refractivity (Wildman–Crippen MR) is 104 cm³/mol. The van der Waals surface area contributed by atoms with Gasteiger partial charge in [-0.2, -0.15) is 0 Å². The van der Waals surface area contributed by atoms with Crippen molar-refractivity contribution in [2.24, 2.45) is 5.41 Å². The molecule has 0 atom stereocenters. The molecular weight excluding hydrogens is 346 g/mol. The molecule has 1 fully saturated rings. The molecule has 134 valence electrons. The quantitative estimate of drug-likeness (QED) is 0.655. The van der Waals surface area contributed by atoms with Crippen molar-refractivity contribution >= 4 is 34.2 Å². The maximum atomic E-state index is 12.1. The Balaban J connectivity index is 1.51. The fourth-order valence-corrected chi connectivity index (χ4v) is 3.43. The molecule has 1 amide bonds. The number of carbonyl (C=O) groups excluding carboxylic acids is 1. The van der Waals surface area contributed by atoms with E-state index >= 15 is 0 Å². The molecular formula is C20H21N3O2S. The van der Waals surface area contributed by atoms with Crippen LogP contribution in [-0.2, 0) is 17.9 Å². The van der Waals surface area contributed by atoms with Crippen LogP contribution in [0.5, 0.6) is 5.75 Å². The van der Waals surface area contributed by atoms with Gasteiger partial charge in [0.05, 0.1) is 17.7 Å². The lowest BCUT2D eigenvalue weighted by Crippen LogP contribution is -2.29. The highest BCUT2D eigenvalue weighted by Crippen LogP contribution is 2.45. The van der Waals surface area contributed by atoms with Gasteiger partial charge in [-0.3, -0.25) is 4.79 Å². The Kier molecular flexibility index (Phi) is 4.28. The van der Waals surface area contributed by atoms with Crippen molar-refractivity contribution in [3.8, 4) is 5.75 Å². The minimum atomic E-state index is -0.154. The molecule has 0 unspecified atom stereocenters. The van der Waals surface area contributed by atoms with Gasteiger partial charge in [0, 0.05) is 39.0 Å². The van der Waals surface area contributed by atoms with Crippen LogP contribution in [0.15, 0.2) is 35.7 Å². The fourth-order valence-electron chi connectivity index (χ4n) is 2.88. The van der Waals surface area contributed by atoms with Crippen molar-refractivity contribution in [2.75, 3.05) is 0 Å². The van der Waals surface area contributed by atoms with Gasteiger partial charge < -0.3 is 15.0 Å². The van der Waals surface area contributed by atoms with Crippen molar-refractivity contribution in [1.29, 1.82) is 0 Å². The smallest absolute Gasteiger partial charge is 0.226 e. The molecule has 0 radical (unpaired) electrons. The maximum absolute atomic E-state index is 12.1. The molecule has 2 heterocycles. The topological polar surface area (TPSA) is 67.0 Å². The molecule has 4 rings (SSSR count). The van der Waals surface area contributed by atoms with Crippen molar-refractivity contribution in [3.63, 3.8) is 0 Å². The van der Waals surface area contributed by atoms with E-state index in [9.17, 15) is 4.79 Å². The molecule has 6 heteroatoms. The highest BCUT2D eigenvalue weighted by molar-refractivity contribution is 7.07. The summed E-state index contributed by atoms with van der Waals surface area (Å²) in [5.41, 5.74) is 5.44. The van der Waals surface area contributed by atoms with Crippen molar-refractivity contribution in [2.45, 2.75) is 32.9 Å². The van der Waals surface area contributed by atoms with E-state index in [1.165, 1.54) is 0 Å². The number of hydrogen-bond acceptors (Lipinski definition) is 4. The second kappa shape index (κ2) is 6.61. The van der Waals surface area contributed by atoms with Gasteiger partial charge in [0.2, 0.25) is 5.91 Å². The number of nitrogens with one attached hydrogen (secondary N) is 2. The van der Waals surface area contributed by atoms with Crippen LogP contribution in [0.1, 0.15) is 36.7 Å². The van der Waals surface area contributed by atoms with Crippen LogP contribution in [0.25, 0.3) is 17.0 Å². The van der Waals surface area contributed by atoms with Gasteiger partial charge in [0.25, 0.3) is 0 Å². The Morgan fingerprint density at radius 2 is 2.31 bits per heavy atom. The van der Waals surface area contributed by atoms with E-state index in [1.54, 1.807) is 22.9 Å². The number of nitrogens with zero attached hydrogens (tertiary/aromatic N) is 1. The molecule has 1 saturated carbocycles. The number of thiazole rings is 1. The maximum Gasteiger partial charge on any atom is 0.226 e. The second-order valence-electron chi connectivity index (χ2n) is 6.99. The second-order valence-corrected chi connectivity index (χ2v) is 7.71. The van der Waals surface area contributed by atoms with Gasteiger partial charge in [-0.25, -0.2) is 4.98 Å². The van der Waals surface area contributed by atoms with E-state index < -0.39 is 0 Å².